The molecule has 1 unspecified atom stereocenters. The van der Waals surface area contributed by atoms with Crippen LogP contribution in [0.1, 0.15) is 25.8 Å². The highest BCUT2D eigenvalue weighted by Gasteiger charge is 2.14. The van der Waals surface area contributed by atoms with E-state index >= 15 is 0 Å². The Bertz CT molecular complexity index is 411. The molecule has 1 aromatic rings. The van der Waals surface area contributed by atoms with Crippen LogP contribution < -0.4 is 10.1 Å². The summed E-state index contributed by atoms with van der Waals surface area (Å²) in [5.74, 6) is 1.33. The van der Waals surface area contributed by atoms with Crippen molar-refractivity contribution in [3.05, 3.63) is 26.6 Å². The fourth-order valence-corrected chi connectivity index (χ4v) is 3.50. The molecule has 0 bridgehead atoms. The van der Waals surface area contributed by atoms with E-state index in [1.807, 2.05) is 12.1 Å². The van der Waals surface area contributed by atoms with Crippen LogP contribution in [0.15, 0.2) is 21.1 Å². The topological polar surface area (TPSA) is 41.5 Å². The first-order valence-electron chi connectivity index (χ1n) is 6.35. The number of ether oxygens (including phenoxy) is 1. The van der Waals surface area contributed by atoms with Gasteiger partial charge in [0.2, 0.25) is 0 Å². The van der Waals surface area contributed by atoms with Crippen molar-refractivity contribution in [1.82, 2.24) is 5.32 Å². The van der Waals surface area contributed by atoms with E-state index in [1.54, 1.807) is 7.11 Å². The molecule has 108 valence electrons. The quantitative estimate of drug-likeness (QED) is 0.740. The van der Waals surface area contributed by atoms with Gasteiger partial charge < -0.3 is 15.2 Å². The van der Waals surface area contributed by atoms with Crippen LogP contribution in [-0.4, -0.2) is 24.9 Å². The minimum Gasteiger partial charge on any atom is -0.495 e. The second kappa shape index (κ2) is 8.25. The molecule has 0 saturated carbocycles. The summed E-state index contributed by atoms with van der Waals surface area (Å²) in [6, 6.07) is 4.32. The van der Waals surface area contributed by atoms with Crippen LogP contribution in [0.2, 0.25) is 0 Å². The molecule has 0 radical (unpaired) electrons. The predicted molar refractivity (Wildman–Crippen MR) is 85.6 cm³/mol. The Labute approximate surface area is 132 Å². The molecule has 0 fully saturated rings. The number of hydrogen-bond acceptors (Lipinski definition) is 3. The van der Waals surface area contributed by atoms with Gasteiger partial charge in [-0.3, -0.25) is 0 Å². The predicted octanol–water partition coefficient (Wildman–Crippen LogP) is 3.72. The molecule has 1 rings (SSSR count). The van der Waals surface area contributed by atoms with Gasteiger partial charge >= 0.3 is 0 Å². The fourth-order valence-electron chi connectivity index (χ4n) is 2.02. The second-order valence-corrected chi connectivity index (χ2v) is 6.59. The summed E-state index contributed by atoms with van der Waals surface area (Å²) >= 11 is 6.99. The summed E-state index contributed by atoms with van der Waals surface area (Å²) in [6.45, 7) is 5.22. The van der Waals surface area contributed by atoms with Gasteiger partial charge in [0.25, 0.3) is 0 Å². The van der Waals surface area contributed by atoms with E-state index in [9.17, 15) is 0 Å². The van der Waals surface area contributed by atoms with E-state index < -0.39 is 0 Å². The van der Waals surface area contributed by atoms with E-state index in [4.69, 9.17) is 9.84 Å². The van der Waals surface area contributed by atoms with E-state index in [2.05, 4.69) is 51.0 Å². The summed E-state index contributed by atoms with van der Waals surface area (Å²) < 4.78 is 7.38. The number of benzene rings is 1. The van der Waals surface area contributed by atoms with Gasteiger partial charge in [-0.1, -0.05) is 29.8 Å². The van der Waals surface area contributed by atoms with Crippen molar-refractivity contribution < 1.29 is 9.84 Å². The maximum Gasteiger partial charge on any atom is 0.137 e. The van der Waals surface area contributed by atoms with Crippen molar-refractivity contribution in [3.8, 4) is 5.75 Å². The molecule has 0 amide bonds. The molecule has 0 aliphatic rings. The number of aliphatic hydroxyl groups is 1. The van der Waals surface area contributed by atoms with Crippen molar-refractivity contribution in [3.63, 3.8) is 0 Å². The van der Waals surface area contributed by atoms with Crippen molar-refractivity contribution in [1.29, 1.82) is 0 Å². The summed E-state index contributed by atoms with van der Waals surface area (Å²) in [4.78, 5) is 0. The molecule has 0 heterocycles. The Morgan fingerprint density at radius 1 is 1.32 bits per heavy atom. The fraction of sp³-hybridized carbons (Fsp3) is 0.571. The van der Waals surface area contributed by atoms with Crippen LogP contribution in [0.3, 0.4) is 0 Å². The molecule has 1 aromatic carbocycles. The molecule has 0 aliphatic carbocycles. The van der Waals surface area contributed by atoms with Gasteiger partial charge in [-0.2, -0.15) is 0 Å². The van der Waals surface area contributed by atoms with Crippen molar-refractivity contribution in [2.24, 2.45) is 5.92 Å². The molecular weight excluding hydrogens is 374 g/mol. The molecule has 0 aromatic heterocycles. The summed E-state index contributed by atoms with van der Waals surface area (Å²) in [5.41, 5.74) is 1.09. The normalized spacial score (nSPS) is 12.8. The highest BCUT2D eigenvalue weighted by molar-refractivity contribution is 9.11. The van der Waals surface area contributed by atoms with Crippen molar-refractivity contribution in [2.75, 3.05) is 13.7 Å². The SMILES string of the molecule is COc1c(Br)cc(Br)cc1CNC(CCO)C(C)C. The van der Waals surface area contributed by atoms with E-state index in [0.29, 0.717) is 18.5 Å². The van der Waals surface area contributed by atoms with Gasteiger partial charge in [0.05, 0.1) is 11.6 Å². The van der Waals surface area contributed by atoms with E-state index in [0.717, 1.165) is 26.7 Å². The van der Waals surface area contributed by atoms with Gasteiger partial charge in [-0.05, 0) is 40.4 Å². The number of hydrogen-bond donors (Lipinski definition) is 2. The lowest BCUT2D eigenvalue weighted by atomic mass is 10.0. The smallest absolute Gasteiger partial charge is 0.137 e. The zero-order chi connectivity index (χ0) is 14.4. The maximum atomic E-state index is 9.09. The molecule has 2 N–H and O–H groups in total. The highest BCUT2D eigenvalue weighted by Crippen LogP contribution is 2.32. The standard InChI is InChI=1S/C14H21Br2NO2/c1-9(2)13(4-5-18)17-8-10-6-11(15)7-12(16)14(10)19-3/h6-7,9,13,17-18H,4-5,8H2,1-3H3. The number of methoxy groups -OCH3 is 1. The monoisotopic (exact) mass is 393 g/mol. The first kappa shape index (κ1) is 17.0. The summed E-state index contributed by atoms with van der Waals surface area (Å²) in [5, 5.41) is 12.6. The third-order valence-electron chi connectivity index (χ3n) is 3.09. The number of aliphatic hydroxyl groups excluding tert-OH is 1. The number of halogens is 2. The first-order chi connectivity index (χ1) is 8.99. The molecule has 0 aliphatic heterocycles. The minimum absolute atomic E-state index is 0.204. The molecule has 0 spiro atoms. The Morgan fingerprint density at radius 3 is 2.53 bits per heavy atom. The van der Waals surface area contributed by atoms with Crippen LogP contribution in [-0.2, 0) is 6.54 Å². The van der Waals surface area contributed by atoms with Crippen LogP contribution in [0.25, 0.3) is 0 Å². The van der Waals surface area contributed by atoms with Gasteiger partial charge in [-0.15, -0.1) is 0 Å². The average molecular weight is 395 g/mol. The summed E-state index contributed by atoms with van der Waals surface area (Å²) in [6.07, 6.45) is 0.759. The van der Waals surface area contributed by atoms with Crippen molar-refractivity contribution in [2.45, 2.75) is 32.9 Å². The van der Waals surface area contributed by atoms with Gasteiger partial charge in [0, 0.05) is 29.2 Å². The zero-order valence-electron chi connectivity index (χ0n) is 11.5. The molecule has 5 heteroatoms. The van der Waals surface area contributed by atoms with E-state index in [-0.39, 0.29) is 6.61 Å². The van der Waals surface area contributed by atoms with Crippen LogP contribution in [0.5, 0.6) is 5.75 Å². The zero-order valence-corrected chi connectivity index (χ0v) is 14.7. The third kappa shape index (κ3) is 5.06. The average Bonchev–Trinajstić information content (AvgIpc) is 2.33. The minimum atomic E-state index is 0.204. The molecule has 3 nitrogen and oxygen atoms in total. The molecular formula is C14H21Br2NO2. The van der Waals surface area contributed by atoms with Crippen molar-refractivity contribution >= 4 is 31.9 Å². The molecule has 19 heavy (non-hydrogen) atoms. The first-order valence-corrected chi connectivity index (χ1v) is 7.94. The van der Waals surface area contributed by atoms with Crippen LogP contribution in [0.4, 0.5) is 0 Å². The Hall–Kier alpha value is -0.100. The maximum absolute atomic E-state index is 9.09. The molecule has 1 atom stereocenters. The number of nitrogens with one attached hydrogen (secondary N) is 1. The van der Waals surface area contributed by atoms with Gasteiger partial charge in [0.1, 0.15) is 5.75 Å². The lowest BCUT2D eigenvalue weighted by Crippen LogP contribution is -2.34. The largest absolute Gasteiger partial charge is 0.495 e. The second-order valence-electron chi connectivity index (χ2n) is 4.82. The van der Waals surface area contributed by atoms with Crippen LogP contribution in [0, 0.1) is 5.92 Å². The van der Waals surface area contributed by atoms with Crippen LogP contribution >= 0.6 is 31.9 Å². The lowest BCUT2D eigenvalue weighted by molar-refractivity contribution is 0.243. The third-order valence-corrected chi connectivity index (χ3v) is 4.14. The van der Waals surface area contributed by atoms with E-state index in [1.165, 1.54) is 0 Å². The van der Waals surface area contributed by atoms with Gasteiger partial charge in [0.15, 0.2) is 0 Å². The number of rotatable bonds is 7. The Balaban J connectivity index is 2.81. The Morgan fingerprint density at radius 2 is 2.00 bits per heavy atom. The molecule has 0 saturated heterocycles. The van der Waals surface area contributed by atoms with Gasteiger partial charge in [-0.25, -0.2) is 0 Å². The highest BCUT2D eigenvalue weighted by atomic mass is 79.9. The Kier molecular flexibility index (Phi) is 7.36. The summed E-state index contributed by atoms with van der Waals surface area (Å²) in [7, 11) is 1.67. The lowest BCUT2D eigenvalue weighted by Gasteiger charge is -2.22.